The van der Waals surface area contributed by atoms with Crippen LogP contribution in [0.2, 0.25) is 0 Å². The Morgan fingerprint density at radius 2 is 0.849 bits per heavy atom. The van der Waals surface area contributed by atoms with Crippen LogP contribution in [0, 0.1) is 0 Å². The van der Waals surface area contributed by atoms with E-state index in [2.05, 4.69) is 10.2 Å². The number of rotatable bonds is 33. The zero-order valence-electron chi connectivity index (χ0n) is 32.6. The number of aliphatic hydroxyl groups excluding tert-OH is 5. The van der Waals surface area contributed by atoms with Crippen LogP contribution in [0.5, 0.6) is 0 Å². The molecule has 0 rings (SSSR count). The Bertz CT molecular complexity index is 994. The van der Waals surface area contributed by atoms with Crippen molar-refractivity contribution in [2.45, 2.75) is 122 Å². The highest BCUT2D eigenvalue weighted by atomic mass is 31.2. The predicted octanol–water partition coefficient (Wildman–Crippen LogP) is -0.663. The lowest BCUT2D eigenvalue weighted by Gasteiger charge is -2.34. The van der Waals surface area contributed by atoms with Crippen molar-refractivity contribution in [2.24, 2.45) is 0 Å². The number of hydrogen-bond donors (Lipinski definition) is 11. The maximum absolute atomic E-state index is 12.7. The van der Waals surface area contributed by atoms with Gasteiger partial charge in [-0.05, 0) is 38.5 Å². The van der Waals surface area contributed by atoms with Crippen molar-refractivity contribution in [2.75, 3.05) is 85.1 Å². The van der Waals surface area contributed by atoms with Gasteiger partial charge in [0.05, 0.1) is 30.5 Å². The number of nitrogens with one attached hydrogen (secondary N) is 1. The molecule has 1 amide bonds. The Hall–Kier alpha value is -0.630. The molecule has 5 atom stereocenters. The van der Waals surface area contributed by atoms with Gasteiger partial charge < -0.3 is 55.5 Å². The maximum atomic E-state index is 12.7. The fraction of sp³-hybridized carbons (Fsp3) is 0.970. The Balaban J connectivity index is 5.78. The van der Waals surface area contributed by atoms with Crippen molar-refractivity contribution in [1.29, 1.82) is 0 Å². The minimum Gasteiger partial charge on any atom is -0.392 e. The molecular formula is C33H73N5O13P2. The molecule has 0 saturated carbocycles. The highest BCUT2D eigenvalue weighted by Crippen LogP contribution is 2.69. The van der Waals surface area contributed by atoms with Crippen LogP contribution in [0.15, 0.2) is 0 Å². The summed E-state index contributed by atoms with van der Waals surface area (Å²) in [5.41, 5.74) is 0. The summed E-state index contributed by atoms with van der Waals surface area (Å²) in [4.78, 5) is 58.2. The van der Waals surface area contributed by atoms with E-state index < -0.39 is 63.1 Å². The smallest absolute Gasteiger partial charge is 0.369 e. The summed E-state index contributed by atoms with van der Waals surface area (Å²) in [5.74, 6) is -0.437. The van der Waals surface area contributed by atoms with Crippen molar-refractivity contribution >= 4 is 21.1 Å². The largest absolute Gasteiger partial charge is 0.392 e. The fourth-order valence-electron chi connectivity index (χ4n) is 5.49. The van der Waals surface area contributed by atoms with E-state index >= 15 is 0 Å². The molecule has 318 valence electrons. The van der Waals surface area contributed by atoms with Gasteiger partial charge in [0.25, 0.3) is 5.08 Å². The van der Waals surface area contributed by atoms with Crippen molar-refractivity contribution in [3.63, 3.8) is 0 Å². The molecule has 20 heteroatoms. The number of aliphatic hydroxyl groups is 6. The summed E-state index contributed by atoms with van der Waals surface area (Å²) in [5, 5.41) is 61.1. The predicted molar refractivity (Wildman–Crippen MR) is 203 cm³/mol. The highest BCUT2D eigenvalue weighted by Gasteiger charge is 2.58. The van der Waals surface area contributed by atoms with Gasteiger partial charge in [-0.1, -0.05) is 34.6 Å². The second kappa shape index (κ2) is 27.1. The van der Waals surface area contributed by atoms with E-state index in [1.54, 1.807) is 0 Å². The van der Waals surface area contributed by atoms with E-state index in [0.29, 0.717) is 97.6 Å². The molecule has 0 aromatic rings. The van der Waals surface area contributed by atoms with E-state index in [1.165, 1.54) is 0 Å². The molecular weight excluding hydrogens is 736 g/mol. The van der Waals surface area contributed by atoms with Crippen LogP contribution in [0.1, 0.15) is 86.0 Å². The van der Waals surface area contributed by atoms with Gasteiger partial charge in [-0.3, -0.25) is 33.5 Å². The second-order valence-corrected chi connectivity index (χ2v) is 18.0. The van der Waals surface area contributed by atoms with Crippen LogP contribution in [-0.2, 0) is 13.9 Å². The lowest BCUT2D eigenvalue weighted by Crippen LogP contribution is -2.47. The van der Waals surface area contributed by atoms with Gasteiger partial charge in [0, 0.05) is 97.9 Å². The second-order valence-electron chi connectivity index (χ2n) is 14.0. The summed E-state index contributed by atoms with van der Waals surface area (Å²) in [6, 6.07) is 0. The molecule has 0 bridgehead atoms. The lowest BCUT2D eigenvalue weighted by atomic mass is 10.2. The molecule has 0 aliphatic heterocycles. The first-order valence-electron chi connectivity index (χ1n) is 19.1. The number of amides is 1. The Morgan fingerprint density at radius 1 is 0.547 bits per heavy atom. The quantitative estimate of drug-likeness (QED) is 0.0290. The molecule has 0 aromatic carbocycles. The van der Waals surface area contributed by atoms with Crippen LogP contribution >= 0.6 is 15.2 Å². The van der Waals surface area contributed by atoms with Crippen LogP contribution < -0.4 is 5.32 Å². The first-order chi connectivity index (χ1) is 24.7. The molecule has 0 radical (unpaired) electrons. The standard InChI is InChI=1S/C33H73N5O13P2/c1-6-27(39)22-36(15-12-32(44)34-14-11-13-33(45,52(46,47)48)53(49,50)51)19-16-35(17-20-37(23-28(40)7-2)24-29(41)8-3)18-21-38(25-30(42)9-4)26-31(43)10-5/h27-31,39-43,45H,6-26H2,1-5H3,(H,34,44)(H2,46,47,48)(H2,49,50,51). The lowest BCUT2D eigenvalue weighted by molar-refractivity contribution is -0.121. The summed E-state index contributed by atoms with van der Waals surface area (Å²) in [6.45, 7) is 14.6. The van der Waals surface area contributed by atoms with Crippen LogP contribution in [0.4, 0.5) is 0 Å². The van der Waals surface area contributed by atoms with Crippen molar-refractivity contribution in [3.8, 4) is 0 Å². The van der Waals surface area contributed by atoms with E-state index in [9.17, 15) is 64.1 Å². The number of nitrogens with zero attached hydrogens (tertiary/aromatic N) is 4. The third-order valence-corrected chi connectivity index (χ3v) is 13.4. The van der Waals surface area contributed by atoms with Crippen molar-refractivity contribution in [3.05, 3.63) is 0 Å². The van der Waals surface area contributed by atoms with Gasteiger partial charge in [0.2, 0.25) is 5.91 Å². The van der Waals surface area contributed by atoms with Crippen LogP contribution in [-0.4, -0.2) is 196 Å². The van der Waals surface area contributed by atoms with Crippen LogP contribution in [0.3, 0.4) is 0 Å². The monoisotopic (exact) mass is 809 g/mol. The van der Waals surface area contributed by atoms with Gasteiger partial charge >= 0.3 is 15.2 Å². The third kappa shape index (κ3) is 22.0. The van der Waals surface area contributed by atoms with Crippen molar-refractivity contribution in [1.82, 2.24) is 24.9 Å². The molecule has 18 nitrogen and oxygen atoms in total. The van der Waals surface area contributed by atoms with Crippen LogP contribution in [0.25, 0.3) is 0 Å². The minimum atomic E-state index is -5.59. The molecule has 0 aliphatic carbocycles. The van der Waals surface area contributed by atoms with E-state index in [4.69, 9.17) is 0 Å². The van der Waals surface area contributed by atoms with E-state index in [-0.39, 0.29) is 32.5 Å². The maximum Gasteiger partial charge on any atom is 0.369 e. The SMILES string of the molecule is CCC(O)CN(CCC(=O)NCCCC(O)(P(=O)(O)O)P(=O)(O)O)CCN(CCN(CC(O)CC)CC(O)CC)CCN(CC(O)CC)CC(O)CC. The Morgan fingerprint density at radius 3 is 1.17 bits per heavy atom. The average molecular weight is 810 g/mol. The summed E-state index contributed by atoms with van der Waals surface area (Å²) >= 11 is 0. The highest BCUT2D eigenvalue weighted by molar-refractivity contribution is 7.72. The van der Waals surface area contributed by atoms with Gasteiger partial charge in [-0.2, -0.15) is 0 Å². The molecule has 5 unspecified atom stereocenters. The first kappa shape index (κ1) is 52.4. The number of hydrogen-bond acceptors (Lipinski definition) is 13. The number of carbonyl (C=O) groups excluding carboxylic acids is 1. The number of carbonyl (C=O) groups is 1. The molecule has 53 heavy (non-hydrogen) atoms. The molecule has 0 saturated heterocycles. The molecule has 0 fully saturated rings. The van der Waals surface area contributed by atoms with Gasteiger partial charge in [0.1, 0.15) is 0 Å². The Kier molecular flexibility index (Phi) is 26.8. The molecule has 11 N–H and O–H groups in total. The fourth-order valence-corrected chi connectivity index (χ4v) is 7.75. The molecule has 0 aliphatic rings. The van der Waals surface area contributed by atoms with Gasteiger partial charge in [0.15, 0.2) is 0 Å². The topological polar surface area (TPSA) is 278 Å². The molecule has 0 aromatic heterocycles. The molecule has 0 spiro atoms. The Labute approximate surface area is 316 Å². The van der Waals surface area contributed by atoms with Crippen molar-refractivity contribution < 1.29 is 64.1 Å². The normalized spacial score (nSPS) is 16.1. The first-order valence-corrected chi connectivity index (χ1v) is 22.3. The summed E-state index contributed by atoms with van der Waals surface area (Å²) < 4.78 is 23.2. The van der Waals surface area contributed by atoms with Gasteiger partial charge in [-0.25, -0.2) is 0 Å². The van der Waals surface area contributed by atoms with E-state index in [0.717, 1.165) is 0 Å². The van der Waals surface area contributed by atoms with Gasteiger partial charge in [-0.15, -0.1) is 0 Å². The average Bonchev–Trinajstić information content (AvgIpc) is 3.09. The van der Waals surface area contributed by atoms with E-state index in [1.807, 2.05) is 49.3 Å². The zero-order valence-corrected chi connectivity index (χ0v) is 34.4. The minimum absolute atomic E-state index is 0.00707. The third-order valence-electron chi connectivity index (χ3n) is 9.50. The summed E-state index contributed by atoms with van der Waals surface area (Å²) in [6.07, 6.45) is -1.33. The molecule has 0 heterocycles. The summed E-state index contributed by atoms with van der Waals surface area (Å²) in [7, 11) is -11.2. The zero-order chi connectivity index (χ0) is 40.8.